The molecule has 5 rings (SSSR count). The van der Waals surface area contributed by atoms with Gasteiger partial charge in [-0.2, -0.15) is 0 Å². The maximum Gasteiger partial charge on any atom is 1.00 e. The van der Waals surface area contributed by atoms with Crippen molar-refractivity contribution in [2.75, 3.05) is 13.2 Å². The third-order valence-electron chi connectivity index (χ3n) is 5.90. The summed E-state index contributed by atoms with van der Waals surface area (Å²) in [5.74, 6) is -1.23. The number of hydrogen-bond donors (Lipinski definition) is 4. The number of rotatable bonds is 9. The van der Waals surface area contributed by atoms with E-state index in [0.29, 0.717) is 18.5 Å². The Morgan fingerprint density at radius 2 is 1.95 bits per heavy atom. The Morgan fingerprint density at radius 1 is 1.18 bits per heavy atom. The molecule has 7 atom stereocenters. The van der Waals surface area contributed by atoms with E-state index >= 15 is 0 Å². The van der Waals surface area contributed by atoms with Crippen LogP contribution in [0.15, 0.2) is 23.8 Å². The molecule has 5 heterocycles. The van der Waals surface area contributed by atoms with Crippen LogP contribution in [-0.2, 0) is 23.1 Å². The van der Waals surface area contributed by atoms with Gasteiger partial charge in [0.1, 0.15) is 30.9 Å². The van der Waals surface area contributed by atoms with Crippen molar-refractivity contribution in [1.82, 2.24) is 34.3 Å². The molecular formula is C18H22N8NaO10P. The van der Waals surface area contributed by atoms with Crippen LogP contribution in [0.2, 0.25) is 0 Å². The average Bonchev–Trinajstić information content (AvgIpc) is 3.64. The van der Waals surface area contributed by atoms with Crippen LogP contribution in [0.3, 0.4) is 0 Å². The molecule has 38 heavy (non-hydrogen) atoms. The molecular weight excluding hydrogens is 542 g/mol. The molecule has 2 aliphatic heterocycles. The quantitative estimate of drug-likeness (QED) is 0.140. The summed E-state index contributed by atoms with van der Waals surface area (Å²) < 4.78 is 35.9. The number of fused-ring (bicyclic) bond motifs is 1. The number of phosphoric ester groups is 1. The Hall–Kier alpha value is -2.09. The number of aliphatic hydroxyl groups excluding tert-OH is 2. The molecule has 0 bridgehead atoms. The van der Waals surface area contributed by atoms with Crippen LogP contribution in [0, 0.1) is 0 Å². The van der Waals surface area contributed by atoms with E-state index < -0.39 is 62.8 Å². The van der Waals surface area contributed by atoms with Gasteiger partial charge in [0.15, 0.2) is 17.4 Å². The number of nitrogens with one attached hydrogen (secondary N) is 1. The topological polar surface area (TPSA) is 255 Å². The molecule has 1 unspecified atom stereocenters. The number of amides is 1. The summed E-state index contributed by atoms with van der Waals surface area (Å²) in [7, 11) is -4.85. The molecule has 2 saturated heterocycles. The number of carbonyl (C=O) groups is 1. The minimum Gasteiger partial charge on any atom is -0.756 e. The second-order valence-corrected chi connectivity index (χ2v) is 9.75. The number of nitrogens with two attached hydrogens (primary N) is 1. The van der Waals surface area contributed by atoms with E-state index in [1.54, 1.807) is 4.57 Å². The van der Waals surface area contributed by atoms with Crippen LogP contribution < -0.4 is 45.7 Å². The molecule has 0 saturated carbocycles. The van der Waals surface area contributed by atoms with Crippen LogP contribution in [0.4, 0.5) is 0 Å². The first kappa shape index (κ1) is 28.9. The van der Waals surface area contributed by atoms with Crippen LogP contribution in [0.1, 0.15) is 35.9 Å². The Labute approximate surface area is 235 Å². The number of carbonyl (C=O) groups excluding carboxylic acids is 1. The van der Waals surface area contributed by atoms with Gasteiger partial charge in [-0.15, -0.1) is 5.10 Å². The standard InChI is InChI=1S/C18H23N8O10P.Na/c19-14(29)15-23-7-26(24-15)18-13(28)12(27)9(36-18)4-34-37(31,32)33-3-8-1-2-10(35-8)25-6-22-11-16(25)20-5-21-17(11)30;/h5-10,12-13,18,27-28H,1-4H2,(H2,19,29)(H,31,32)(H,20,21,30);/q;+1/p-1/t8-,9+,10+,12+,13+,18+;/m0./s1. The van der Waals surface area contributed by atoms with Crippen molar-refractivity contribution in [2.24, 2.45) is 5.73 Å². The molecule has 0 spiro atoms. The van der Waals surface area contributed by atoms with E-state index in [-0.39, 0.29) is 47.5 Å². The molecule has 2 fully saturated rings. The summed E-state index contributed by atoms with van der Waals surface area (Å²) >= 11 is 0. The monoisotopic (exact) mass is 564 g/mol. The summed E-state index contributed by atoms with van der Waals surface area (Å²) in [5.41, 5.74) is 5.19. The Balaban J connectivity index is 0.00000336. The maximum absolute atomic E-state index is 12.3. The van der Waals surface area contributed by atoms with Crippen molar-refractivity contribution in [3.63, 3.8) is 0 Å². The molecule has 20 heteroatoms. The van der Waals surface area contributed by atoms with Gasteiger partial charge >= 0.3 is 29.6 Å². The van der Waals surface area contributed by atoms with Crippen LogP contribution >= 0.6 is 7.82 Å². The zero-order valence-corrected chi connectivity index (χ0v) is 22.8. The fraction of sp³-hybridized carbons (Fsp3) is 0.556. The Morgan fingerprint density at radius 3 is 2.68 bits per heavy atom. The normalized spacial score (nSPS) is 28.8. The number of nitrogens with zero attached hydrogens (tertiary/aromatic N) is 6. The van der Waals surface area contributed by atoms with Crippen LogP contribution in [0.25, 0.3) is 11.2 Å². The number of aromatic amines is 1. The number of imidazole rings is 1. The molecule has 0 radical (unpaired) electrons. The third-order valence-corrected chi connectivity index (χ3v) is 6.83. The molecule has 0 aliphatic carbocycles. The molecule has 3 aromatic heterocycles. The van der Waals surface area contributed by atoms with Crippen molar-refractivity contribution in [3.8, 4) is 0 Å². The van der Waals surface area contributed by atoms with Crippen LogP contribution in [0.5, 0.6) is 0 Å². The zero-order chi connectivity index (χ0) is 26.3. The van der Waals surface area contributed by atoms with Crippen molar-refractivity contribution >= 4 is 24.9 Å². The molecule has 5 N–H and O–H groups in total. The largest absolute Gasteiger partial charge is 1.00 e. The zero-order valence-electron chi connectivity index (χ0n) is 19.9. The van der Waals surface area contributed by atoms with Crippen LogP contribution in [-0.4, -0.2) is 88.0 Å². The molecule has 3 aromatic rings. The summed E-state index contributed by atoms with van der Waals surface area (Å²) in [6.45, 7) is -1.01. The Bertz CT molecular complexity index is 1400. The van der Waals surface area contributed by atoms with Gasteiger partial charge in [-0.25, -0.2) is 19.6 Å². The molecule has 200 valence electrons. The van der Waals surface area contributed by atoms with Crippen molar-refractivity contribution in [1.29, 1.82) is 0 Å². The van der Waals surface area contributed by atoms with Gasteiger partial charge < -0.3 is 44.3 Å². The van der Waals surface area contributed by atoms with Crippen molar-refractivity contribution < 1.29 is 72.5 Å². The van der Waals surface area contributed by atoms with E-state index in [2.05, 4.69) is 25.0 Å². The molecule has 2 aliphatic rings. The van der Waals surface area contributed by atoms with Gasteiger partial charge in [0.25, 0.3) is 19.3 Å². The Kier molecular flexibility index (Phi) is 8.80. The predicted octanol–water partition coefficient (Wildman–Crippen LogP) is -5.69. The number of aliphatic hydroxyl groups is 2. The summed E-state index contributed by atoms with van der Waals surface area (Å²) in [5, 5.41) is 24.2. The summed E-state index contributed by atoms with van der Waals surface area (Å²) in [4.78, 5) is 49.5. The van der Waals surface area contributed by atoms with Gasteiger partial charge in [0, 0.05) is 0 Å². The fourth-order valence-electron chi connectivity index (χ4n) is 4.06. The van der Waals surface area contributed by atoms with Gasteiger partial charge in [0.2, 0.25) is 5.82 Å². The number of H-pyrrole nitrogens is 1. The van der Waals surface area contributed by atoms with Gasteiger partial charge in [0.05, 0.1) is 32.0 Å². The third kappa shape index (κ3) is 5.90. The van der Waals surface area contributed by atoms with Crippen molar-refractivity contribution in [2.45, 2.75) is 49.7 Å². The van der Waals surface area contributed by atoms with Gasteiger partial charge in [-0.05, 0) is 12.8 Å². The first-order valence-electron chi connectivity index (χ1n) is 11.0. The van der Waals surface area contributed by atoms with E-state index in [1.807, 2.05) is 0 Å². The second kappa shape index (κ2) is 11.6. The first-order valence-corrected chi connectivity index (χ1v) is 12.5. The van der Waals surface area contributed by atoms with Gasteiger partial charge in [-0.1, -0.05) is 0 Å². The minimum absolute atomic E-state index is 0. The average molecular weight is 564 g/mol. The van der Waals surface area contributed by atoms with Gasteiger partial charge in [-0.3, -0.25) is 18.7 Å². The fourth-order valence-corrected chi connectivity index (χ4v) is 4.81. The van der Waals surface area contributed by atoms with E-state index in [9.17, 15) is 29.3 Å². The number of aromatic nitrogens is 7. The predicted molar refractivity (Wildman–Crippen MR) is 115 cm³/mol. The molecule has 1 amide bonds. The number of phosphoric acid groups is 1. The number of hydrogen-bond acceptors (Lipinski definition) is 14. The minimum atomic E-state index is -4.85. The molecule has 18 nitrogen and oxygen atoms in total. The SMILES string of the molecule is NC(=O)c1ncn([C@@H]2O[C@H](COP(=O)([O-])OC[C@@H]3CC[C@H](n4cnc5c(=O)[nH]cnc54)O3)[C@@H](O)[C@H]2O)n1.[Na+]. The van der Waals surface area contributed by atoms with E-state index in [0.717, 1.165) is 11.0 Å². The van der Waals surface area contributed by atoms with E-state index in [1.165, 1.54) is 12.7 Å². The maximum atomic E-state index is 12.3. The number of primary amides is 1. The first-order chi connectivity index (χ1) is 17.6. The molecule has 0 aromatic carbocycles. The van der Waals surface area contributed by atoms with E-state index in [4.69, 9.17) is 24.3 Å². The summed E-state index contributed by atoms with van der Waals surface area (Å²) in [6, 6.07) is 0. The number of ether oxygens (including phenoxy) is 2. The second-order valence-electron chi connectivity index (χ2n) is 8.34. The van der Waals surface area contributed by atoms with Crippen molar-refractivity contribution in [3.05, 3.63) is 35.2 Å². The smallest absolute Gasteiger partial charge is 0.756 e. The summed E-state index contributed by atoms with van der Waals surface area (Å²) in [6.07, 6.45) is -1.99.